The number of rotatable bonds is 3. The van der Waals surface area contributed by atoms with E-state index in [0.29, 0.717) is 18.2 Å². The first kappa shape index (κ1) is 12.0. The Labute approximate surface area is 118 Å². The monoisotopic (exact) mass is 317 g/mol. The van der Waals surface area contributed by atoms with E-state index in [1.807, 2.05) is 28.8 Å². The molecule has 0 aliphatic heterocycles. The number of nitrogens with two attached hydrogens (primary N) is 1. The maximum atomic E-state index is 5.77. The number of nitrogens with zero attached hydrogens (tertiary/aromatic N) is 3. The van der Waals surface area contributed by atoms with Gasteiger partial charge in [0.2, 0.25) is 0 Å². The Balaban J connectivity index is 1.87. The number of hydrogen-bond acceptors (Lipinski definition) is 4. The normalized spacial score (nSPS) is 10.8. The number of nitrogen functional groups attached to an aromatic ring is 1. The van der Waals surface area contributed by atoms with Crippen LogP contribution in [0.4, 0.5) is 11.6 Å². The lowest BCUT2D eigenvalue weighted by molar-refractivity contribution is 1.07. The van der Waals surface area contributed by atoms with Gasteiger partial charge in [0.05, 0.1) is 6.20 Å². The minimum Gasteiger partial charge on any atom is -0.382 e. The van der Waals surface area contributed by atoms with Crippen molar-refractivity contribution < 1.29 is 0 Å². The Kier molecular flexibility index (Phi) is 3.08. The molecule has 0 aliphatic rings. The van der Waals surface area contributed by atoms with Gasteiger partial charge in [-0.3, -0.25) is 0 Å². The first-order chi connectivity index (χ1) is 9.22. The van der Waals surface area contributed by atoms with Crippen LogP contribution in [0.25, 0.3) is 5.65 Å². The van der Waals surface area contributed by atoms with Gasteiger partial charge >= 0.3 is 0 Å². The highest BCUT2D eigenvalue weighted by Crippen LogP contribution is 2.17. The maximum Gasteiger partial charge on any atom is 0.180 e. The molecule has 0 radical (unpaired) electrons. The molecule has 0 spiro atoms. The van der Waals surface area contributed by atoms with E-state index in [9.17, 15) is 0 Å². The van der Waals surface area contributed by atoms with Crippen molar-refractivity contribution in [3.63, 3.8) is 0 Å². The van der Waals surface area contributed by atoms with Gasteiger partial charge < -0.3 is 15.5 Å². The van der Waals surface area contributed by atoms with Crippen molar-refractivity contribution in [1.82, 2.24) is 14.4 Å². The average Bonchev–Trinajstić information content (AvgIpc) is 2.84. The molecule has 0 aliphatic carbocycles. The topological polar surface area (TPSA) is 68.2 Å². The predicted octanol–water partition coefficient (Wildman–Crippen LogP) is 2.69. The number of hydrogen-bond donors (Lipinski definition) is 2. The van der Waals surface area contributed by atoms with Crippen molar-refractivity contribution in [1.29, 1.82) is 0 Å². The Morgan fingerprint density at radius 3 is 3.11 bits per heavy atom. The molecule has 6 heteroatoms. The fourth-order valence-electron chi connectivity index (χ4n) is 1.90. The SMILES string of the molecule is Nc1cn2ccnc2c(NCc2cccc(Br)c2)n1. The second-order valence-electron chi connectivity index (χ2n) is 4.16. The van der Waals surface area contributed by atoms with E-state index < -0.39 is 0 Å². The quantitative estimate of drug-likeness (QED) is 0.779. The van der Waals surface area contributed by atoms with Crippen LogP contribution in [0.3, 0.4) is 0 Å². The Bertz CT molecular complexity index is 722. The summed E-state index contributed by atoms with van der Waals surface area (Å²) >= 11 is 3.45. The van der Waals surface area contributed by atoms with Crippen LogP contribution >= 0.6 is 15.9 Å². The smallest absolute Gasteiger partial charge is 0.180 e. The summed E-state index contributed by atoms with van der Waals surface area (Å²) in [6.45, 7) is 0.665. The van der Waals surface area contributed by atoms with E-state index >= 15 is 0 Å². The highest BCUT2D eigenvalue weighted by molar-refractivity contribution is 9.10. The van der Waals surface area contributed by atoms with Gasteiger partial charge in [-0.05, 0) is 17.7 Å². The molecule has 0 amide bonds. The maximum absolute atomic E-state index is 5.77. The number of aromatic nitrogens is 3. The van der Waals surface area contributed by atoms with Crippen LogP contribution in [-0.4, -0.2) is 14.4 Å². The second kappa shape index (κ2) is 4.89. The van der Waals surface area contributed by atoms with Gasteiger partial charge in [-0.1, -0.05) is 28.1 Å². The predicted molar refractivity (Wildman–Crippen MR) is 78.9 cm³/mol. The minimum atomic E-state index is 0.460. The number of benzene rings is 1. The molecule has 0 atom stereocenters. The Hall–Kier alpha value is -2.08. The largest absolute Gasteiger partial charge is 0.382 e. The molecule has 0 saturated carbocycles. The second-order valence-corrected chi connectivity index (χ2v) is 5.07. The number of fused-ring (bicyclic) bond motifs is 1. The van der Waals surface area contributed by atoms with Crippen LogP contribution in [0, 0.1) is 0 Å². The third kappa shape index (κ3) is 2.53. The van der Waals surface area contributed by atoms with E-state index in [2.05, 4.69) is 37.3 Å². The molecule has 96 valence electrons. The molecule has 2 aromatic heterocycles. The van der Waals surface area contributed by atoms with Crippen LogP contribution in [0.2, 0.25) is 0 Å². The molecule has 0 fully saturated rings. The molecule has 3 aromatic rings. The molecule has 0 saturated heterocycles. The van der Waals surface area contributed by atoms with E-state index in [-0.39, 0.29) is 0 Å². The lowest BCUT2D eigenvalue weighted by atomic mass is 10.2. The average molecular weight is 318 g/mol. The highest BCUT2D eigenvalue weighted by Gasteiger charge is 2.05. The zero-order valence-corrected chi connectivity index (χ0v) is 11.6. The van der Waals surface area contributed by atoms with Gasteiger partial charge in [0, 0.05) is 23.4 Å². The van der Waals surface area contributed by atoms with Crippen molar-refractivity contribution >= 4 is 33.2 Å². The zero-order valence-electron chi connectivity index (χ0n) is 10.0. The van der Waals surface area contributed by atoms with Crippen LogP contribution in [0.5, 0.6) is 0 Å². The van der Waals surface area contributed by atoms with Crippen LogP contribution < -0.4 is 11.1 Å². The summed E-state index contributed by atoms with van der Waals surface area (Å²) in [4.78, 5) is 8.55. The highest BCUT2D eigenvalue weighted by atomic mass is 79.9. The lowest BCUT2D eigenvalue weighted by Crippen LogP contribution is -2.06. The molecule has 0 bridgehead atoms. The van der Waals surface area contributed by atoms with Crippen molar-refractivity contribution in [2.75, 3.05) is 11.1 Å². The van der Waals surface area contributed by atoms with Crippen LogP contribution in [-0.2, 0) is 6.54 Å². The molecular weight excluding hydrogens is 306 g/mol. The Morgan fingerprint density at radius 1 is 1.37 bits per heavy atom. The standard InChI is InChI=1S/C13H12BrN5/c14-10-3-1-2-9(6-10)7-17-12-13-16-4-5-19(13)8-11(15)18-12/h1-6,8H,7,15H2,(H,17,18). The summed E-state index contributed by atoms with van der Waals surface area (Å²) in [5.74, 6) is 1.15. The summed E-state index contributed by atoms with van der Waals surface area (Å²) in [7, 11) is 0. The van der Waals surface area contributed by atoms with Crippen LogP contribution in [0.15, 0.2) is 47.3 Å². The van der Waals surface area contributed by atoms with Gasteiger partial charge in [0.1, 0.15) is 5.82 Å². The molecule has 19 heavy (non-hydrogen) atoms. The molecule has 0 unspecified atom stereocenters. The summed E-state index contributed by atoms with van der Waals surface area (Å²) < 4.78 is 2.91. The summed E-state index contributed by atoms with van der Waals surface area (Å²) in [5.41, 5.74) is 7.69. The molecule has 5 nitrogen and oxygen atoms in total. The van der Waals surface area contributed by atoms with Gasteiger partial charge in [-0.15, -0.1) is 0 Å². The summed E-state index contributed by atoms with van der Waals surface area (Å²) in [6.07, 6.45) is 5.31. The molecule has 1 aromatic carbocycles. The molecule has 2 heterocycles. The van der Waals surface area contributed by atoms with Crippen molar-refractivity contribution in [2.45, 2.75) is 6.54 Å². The Morgan fingerprint density at radius 2 is 2.26 bits per heavy atom. The van der Waals surface area contributed by atoms with E-state index in [0.717, 1.165) is 15.7 Å². The van der Waals surface area contributed by atoms with Gasteiger partial charge in [-0.2, -0.15) is 0 Å². The fraction of sp³-hybridized carbons (Fsp3) is 0.0769. The third-order valence-corrected chi connectivity index (χ3v) is 3.23. The molecule has 3 rings (SSSR count). The van der Waals surface area contributed by atoms with E-state index in [1.54, 1.807) is 12.4 Å². The van der Waals surface area contributed by atoms with E-state index in [4.69, 9.17) is 5.73 Å². The third-order valence-electron chi connectivity index (χ3n) is 2.74. The molecular formula is C13H12BrN5. The van der Waals surface area contributed by atoms with E-state index in [1.165, 1.54) is 0 Å². The lowest BCUT2D eigenvalue weighted by Gasteiger charge is -2.08. The van der Waals surface area contributed by atoms with Crippen molar-refractivity contribution in [3.8, 4) is 0 Å². The minimum absolute atomic E-state index is 0.460. The van der Waals surface area contributed by atoms with Gasteiger partial charge in [0.25, 0.3) is 0 Å². The summed E-state index contributed by atoms with van der Waals surface area (Å²) in [6, 6.07) is 8.10. The van der Waals surface area contributed by atoms with Crippen molar-refractivity contribution in [2.24, 2.45) is 0 Å². The zero-order chi connectivity index (χ0) is 13.2. The summed E-state index contributed by atoms with van der Waals surface area (Å²) in [5, 5.41) is 3.26. The number of imidazole rings is 1. The first-order valence-corrected chi connectivity index (χ1v) is 6.59. The fourth-order valence-corrected chi connectivity index (χ4v) is 2.35. The first-order valence-electron chi connectivity index (χ1n) is 5.80. The molecule has 3 N–H and O–H groups in total. The van der Waals surface area contributed by atoms with Crippen molar-refractivity contribution in [3.05, 3.63) is 52.9 Å². The van der Waals surface area contributed by atoms with Gasteiger partial charge in [-0.25, -0.2) is 9.97 Å². The number of halogens is 1. The number of anilines is 2. The number of nitrogens with one attached hydrogen (secondary N) is 1. The van der Waals surface area contributed by atoms with Crippen LogP contribution in [0.1, 0.15) is 5.56 Å². The van der Waals surface area contributed by atoms with Gasteiger partial charge in [0.15, 0.2) is 11.5 Å².